The van der Waals surface area contributed by atoms with E-state index in [1.165, 1.54) is 25.9 Å². The molecular formula is C13H29N3O. The molecule has 0 bridgehead atoms. The maximum atomic E-state index is 5.36. The monoisotopic (exact) mass is 243 g/mol. The predicted octanol–water partition coefficient (Wildman–Crippen LogP) is 0.496. The van der Waals surface area contributed by atoms with Crippen LogP contribution in [0.15, 0.2) is 0 Å². The van der Waals surface area contributed by atoms with Crippen molar-refractivity contribution in [1.29, 1.82) is 0 Å². The maximum absolute atomic E-state index is 5.36. The van der Waals surface area contributed by atoms with Gasteiger partial charge in [0.2, 0.25) is 0 Å². The zero-order valence-electron chi connectivity index (χ0n) is 11.7. The van der Waals surface area contributed by atoms with Crippen LogP contribution in [0, 0.1) is 5.92 Å². The standard InChI is InChI=1S/C13H29N3O/c1-15(2)7-4-8-16(3)9-6-14-11-13-5-10-17-12-13/h13-14H,4-12H2,1-3H3. The Bertz CT molecular complexity index is 182. The zero-order chi connectivity index (χ0) is 12.5. The second-order valence-electron chi connectivity index (χ2n) is 5.39. The molecule has 0 aromatic rings. The lowest BCUT2D eigenvalue weighted by Crippen LogP contribution is -2.33. The van der Waals surface area contributed by atoms with Crippen LogP contribution in [0.5, 0.6) is 0 Å². The van der Waals surface area contributed by atoms with Crippen molar-refractivity contribution in [2.75, 3.05) is 67.1 Å². The van der Waals surface area contributed by atoms with Crippen LogP contribution < -0.4 is 5.32 Å². The lowest BCUT2D eigenvalue weighted by molar-refractivity contribution is 0.185. The fourth-order valence-corrected chi connectivity index (χ4v) is 2.09. The van der Waals surface area contributed by atoms with Gasteiger partial charge < -0.3 is 19.9 Å². The molecule has 1 N–H and O–H groups in total. The molecule has 0 aliphatic carbocycles. The van der Waals surface area contributed by atoms with E-state index < -0.39 is 0 Å². The third kappa shape index (κ3) is 7.71. The Morgan fingerprint density at radius 2 is 2.00 bits per heavy atom. The van der Waals surface area contributed by atoms with Gasteiger partial charge in [-0.25, -0.2) is 0 Å². The minimum Gasteiger partial charge on any atom is -0.381 e. The van der Waals surface area contributed by atoms with Crippen LogP contribution in [0.2, 0.25) is 0 Å². The molecule has 4 heteroatoms. The van der Waals surface area contributed by atoms with E-state index in [0.717, 1.165) is 38.8 Å². The maximum Gasteiger partial charge on any atom is 0.0507 e. The highest BCUT2D eigenvalue weighted by molar-refractivity contribution is 4.67. The first-order valence-electron chi connectivity index (χ1n) is 6.80. The molecule has 0 radical (unpaired) electrons. The summed E-state index contributed by atoms with van der Waals surface area (Å²) in [5.74, 6) is 0.744. The predicted molar refractivity (Wildman–Crippen MR) is 72.5 cm³/mol. The quantitative estimate of drug-likeness (QED) is 0.597. The molecule has 0 aromatic heterocycles. The van der Waals surface area contributed by atoms with E-state index in [4.69, 9.17) is 4.74 Å². The molecule has 1 aliphatic rings. The van der Waals surface area contributed by atoms with E-state index in [-0.39, 0.29) is 0 Å². The summed E-state index contributed by atoms with van der Waals surface area (Å²) in [5, 5.41) is 3.53. The highest BCUT2D eigenvalue weighted by Gasteiger charge is 2.14. The first-order valence-corrected chi connectivity index (χ1v) is 6.80. The summed E-state index contributed by atoms with van der Waals surface area (Å²) in [6.45, 7) is 7.62. The molecule has 1 rings (SSSR count). The summed E-state index contributed by atoms with van der Waals surface area (Å²) in [5.41, 5.74) is 0. The summed E-state index contributed by atoms with van der Waals surface area (Å²) < 4.78 is 5.36. The fourth-order valence-electron chi connectivity index (χ4n) is 2.09. The zero-order valence-corrected chi connectivity index (χ0v) is 11.7. The molecule has 102 valence electrons. The second kappa shape index (κ2) is 8.86. The Hall–Kier alpha value is -0.160. The topological polar surface area (TPSA) is 27.7 Å². The molecule has 0 amide bonds. The van der Waals surface area contributed by atoms with E-state index in [2.05, 4.69) is 36.3 Å². The van der Waals surface area contributed by atoms with Gasteiger partial charge in [0.1, 0.15) is 0 Å². The van der Waals surface area contributed by atoms with Crippen molar-refractivity contribution in [2.45, 2.75) is 12.8 Å². The summed E-state index contributed by atoms with van der Waals surface area (Å²) >= 11 is 0. The van der Waals surface area contributed by atoms with Gasteiger partial charge in [-0.05, 0) is 53.0 Å². The molecule has 1 saturated heterocycles. The number of hydrogen-bond acceptors (Lipinski definition) is 4. The third-order valence-electron chi connectivity index (χ3n) is 3.27. The van der Waals surface area contributed by atoms with Crippen LogP contribution in [-0.2, 0) is 4.74 Å². The lowest BCUT2D eigenvalue weighted by atomic mass is 10.1. The largest absolute Gasteiger partial charge is 0.381 e. The van der Waals surface area contributed by atoms with Gasteiger partial charge in [-0.3, -0.25) is 0 Å². The van der Waals surface area contributed by atoms with Gasteiger partial charge in [0.05, 0.1) is 6.61 Å². The SMILES string of the molecule is CN(C)CCCN(C)CCNCC1CCOC1. The van der Waals surface area contributed by atoms with Gasteiger partial charge in [-0.1, -0.05) is 0 Å². The van der Waals surface area contributed by atoms with Crippen molar-refractivity contribution in [2.24, 2.45) is 5.92 Å². The molecule has 17 heavy (non-hydrogen) atoms. The summed E-state index contributed by atoms with van der Waals surface area (Å²) in [4.78, 5) is 4.65. The van der Waals surface area contributed by atoms with Gasteiger partial charge in [0, 0.05) is 26.2 Å². The third-order valence-corrected chi connectivity index (χ3v) is 3.27. The summed E-state index contributed by atoms with van der Waals surface area (Å²) in [6, 6.07) is 0. The van der Waals surface area contributed by atoms with E-state index in [1.54, 1.807) is 0 Å². The van der Waals surface area contributed by atoms with Crippen LogP contribution in [0.1, 0.15) is 12.8 Å². The Labute approximate surface area is 106 Å². The fraction of sp³-hybridized carbons (Fsp3) is 1.00. The highest BCUT2D eigenvalue weighted by Crippen LogP contribution is 2.10. The Morgan fingerprint density at radius 3 is 2.65 bits per heavy atom. The number of ether oxygens (including phenoxy) is 1. The number of hydrogen-bond donors (Lipinski definition) is 1. The van der Waals surface area contributed by atoms with Gasteiger partial charge in [0.15, 0.2) is 0 Å². The van der Waals surface area contributed by atoms with Gasteiger partial charge in [-0.15, -0.1) is 0 Å². The van der Waals surface area contributed by atoms with Crippen molar-refractivity contribution in [3.8, 4) is 0 Å². The van der Waals surface area contributed by atoms with E-state index in [0.29, 0.717) is 0 Å². The summed E-state index contributed by atoms with van der Waals surface area (Å²) in [6.07, 6.45) is 2.48. The molecule has 1 fully saturated rings. The van der Waals surface area contributed by atoms with Crippen molar-refractivity contribution in [1.82, 2.24) is 15.1 Å². The van der Waals surface area contributed by atoms with E-state index >= 15 is 0 Å². The van der Waals surface area contributed by atoms with Crippen LogP contribution in [-0.4, -0.2) is 76.9 Å². The normalized spacial score (nSPS) is 20.6. The average Bonchev–Trinajstić information content (AvgIpc) is 2.76. The number of nitrogens with zero attached hydrogens (tertiary/aromatic N) is 2. The first-order chi connectivity index (χ1) is 8.18. The van der Waals surface area contributed by atoms with Crippen LogP contribution in [0.4, 0.5) is 0 Å². The molecule has 1 aliphatic heterocycles. The van der Waals surface area contributed by atoms with Crippen LogP contribution in [0.3, 0.4) is 0 Å². The number of nitrogens with one attached hydrogen (secondary N) is 1. The molecule has 1 heterocycles. The number of likely N-dealkylation sites (N-methyl/N-ethyl adjacent to an activating group) is 1. The van der Waals surface area contributed by atoms with Crippen LogP contribution in [0.25, 0.3) is 0 Å². The Morgan fingerprint density at radius 1 is 1.18 bits per heavy atom. The van der Waals surface area contributed by atoms with Gasteiger partial charge in [0.25, 0.3) is 0 Å². The van der Waals surface area contributed by atoms with Gasteiger partial charge >= 0.3 is 0 Å². The molecule has 0 aromatic carbocycles. The van der Waals surface area contributed by atoms with E-state index in [9.17, 15) is 0 Å². The molecular weight excluding hydrogens is 214 g/mol. The van der Waals surface area contributed by atoms with Gasteiger partial charge in [-0.2, -0.15) is 0 Å². The van der Waals surface area contributed by atoms with Crippen molar-refractivity contribution in [3.63, 3.8) is 0 Å². The highest BCUT2D eigenvalue weighted by atomic mass is 16.5. The molecule has 4 nitrogen and oxygen atoms in total. The Balaban J connectivity index is 1.87. The van der Waals surface area contributed by atoms with Crippen molar-refractivity contribution >= 4 is 0 Å². The average molecular weight is 243 g/mol. The molecule has 1 unspecified atom stereocenters. The Kier molecular flexibility index (Phi) is 7.77. The number of rotatable bonds is 9. The lowest BCUT2D eigenvalue weighted by Gasteiger charge is -2.18. The molecule has 0 saturated carbocycles. The molecule has 0 spiro atoms. The minimum absolute atomic E-state index is 0.744. The van der Waals surface area contributed by atoms with Crippen molar-refractivity contribution in [3.05, 3.63) is 0 Å². The van der Waals surface area contributed by atoms with E-state index in [1.807, 2.05) is 0 Å². The second-order valence-corrected chi connectivity index (χ2v) is 5.39. The summed E-state index contributed by atoms with van der Waals surface area (Å²) in [7, 11) is 6.46. The molecule has 1 atom stereocenters. The first kappa shape index (κ1) is 14.9. The smallest absolute Gasteiger partial charge is 0.0507 e. The van der Waals surface area contributed by atoms with Crippen molar-refractivity contribution < 1.29 is 4.74 Å². The van der Waals surface area contributed by atoms with Crippen LogP contribution >= 0.6 is 0 Å². The minimum atomic E-state index is 0.744.